The first kappa shape index (κ1) is 23.4. The molecule has 2 N–H and O–H groups in total. The third kappa shape index (κ3) is 6.11. The maximum Gasteiger partial charge on any atom is 0.325 e. The highest BCUT2D eigenvalue weighted by molar-refractivity contribution is 6.30. The predicted molar refractivity (Wildman–Crippen MR) is 111 cm³/mol. The van der Waals surface area contributed by atoms with Crippen LogP contribution in [0, 0.1) is 0 Å². The van der Waals surface area contributed by atoms with E-state index in [-0.39, 0.29) is 18.1 Å². The maximum absolute atomic E-state index is 13.1. The zero-order chi connectivity index (χ0) is 23.1. The number of nitrogens with one attached hydrogen (secondary N) is 2. The summed E-state index contributed by atoms with van der Waals surface area (Å²) in [5.74, 6) is -2.43. The van der Waals surface area contributed by atoms with Gasteiger partial charge in [-0.05, 0) is 36.4 Å². The molecule has 170 valence electrons. The number of ether oxygens (including phenoxy) is 1. The van der Waals surface area contributed by atoms with Gasteiger partial charge in [0.15, 0.2) is 0 Å². The molecule has 0 saturated carbocycles. The lowest BCUT2D eigenvalue weighted by molar-refractivity contribution is -0.132. The fourth-order valence-corrected chi connectivity index (χ4v) is 3.00. The molecule has 4 amide bonds. The normalized spacial score (nSPS) is 13.6. The molecule has 1 fully saturated rings. The van der Waals surface area contributed by atoms with Gasteiger partial charge in [-0.3, -0.25) is 30.3 Å². The smallest absolute Gasteiger partial charge is 0.325 e. The van der Waals surface area contributed by atoms with Crippen molar-refractivity contribution in [2.45, 2.75) is 13.0 Å². The Hall–Kier alpha value is -3.31. The maximum atomic E-state index is 13.1. The van der Waals surface area contributed by atoms with Gasteiger partial charge in [-0.2, -0.15) is 8.78 Å². The van der Waals surface area contributed by atoms with E-state index in [1.165, 1.54) is 23.2 Å². The molecule has 1 saturated heterocycles. The van der Waals surface area contributed by atoms with E-state index in [1.54, 1.807) is 34.6 Å². The number of anilines is 1. The Kier molecular flexibility index (Phi) is 7.90. The average molecular weight is 468 g/mol. The number of hydrogen-bond donors (Lipinski definition) is 2. The van der Waals surface area contributed by atoms with Gasteiger partial charge < -0.3 is 9.64 Å². The van der Waals surface area contributed by atoms with Gasteiger partial charge in [-0.15, -0.1) is 0 Å². The van der Waals surface area contributed by atoms with Gasteiger partial charge >= 0.3 is 18.4 Å². The fourth-order valence-electron chi connectivity index (χ4n) is 2.88. The molecule has 0 bridgehead atoms. The number of rotatable bonds is 5. The predicted octanol–water partition coefficient (Wildman–Crippen LogP) is 2.22. The monoisotopic (exact) mass is 467 g/mol. The summed E-state index contributed by atoms with van der Waals surface area (Å²) in [5.41, 5.74) is 4.63. The highest BCUT2D eigenvalue weighted by atomic mass is 35.5. The number of nitrogens with zero attached hydrogens (tertiary/aromatic N) is 3. The van der Waals surface area contributed by atoms with Crippen LogP contribution in [0.15, 0.2) is 42.6 Å². The van der Waals surface area contributed by atoms with Crippen molar-refractivity contribution in [2.24, 2.45) is 0 Å². The average Bonchev–Trinajstić information content (AvgIpc) is 2.82. The van der Waals surface area contributed by atoms with Crippen molar-refractivity contribution >= 4 is 35.1 Å². The highest BCUT2D eigenvalue weighted by Crippen LogP contribution is 2.22. The van der Waals surface area contributed by atoms with Gasteiger partial charge in [-0.1, -0.05) is 11.6 Å². The van der Waals surface area contributed by atoms with Crippen LogP contribution in [0.2, 0.25) is 5.02 Å². The van der Waals surface area contributed by atoms with E-state index >= 15 is 0 Å². The minimum atomic E-state index is -3.25. The van der Waals surface area contributed by atoms with Crippen LogP contribution in [0.5, 0.6) is 0 Å². The topological polar surface area (TPSA) is 104 Å². The number of halogens is 3. The first-order chi connectivity index (χ1) is 15.3. The van der Waals surface area contributed by atoms with Gasteiger partial charge in [-0.25, -0.2) is 4.79 Å². The molecule has 2 heterocycles. The molecule has 2 aromatic rings. The number of carbonyl (C=O) groups is 3. The Bertz CT molecular complexity index is 953. The van der Waals surface area contributed by atoms with Crippen LogP contribution >= 0.6 is 11.6 Å². The number of carbonyl (C=O) groups excluding carboxylic acids is 3. The summed E-state index contributed by atoms with van der Waals surface area (Å²) in [4.78, 5) is 43.4. The van der Waals surface area contributed by atoms with Crippen molar-refractivity contribution in [3.05, 3.63) is 58.9 Å². The van der Waals surface area contributed by atoms with E-state index in [9.17, 15) is 23.2 Å². The second-order valence-corrected chi connectivity index (χ2v) is 7.16. The molecule has 12 heteroatoms. The number of alkyl halides is 2. The van der Waals surface area contributed by atoms with Crippen molar-refractivity contribution in [1.82, 2.24) is 20.7 Å². The van der Waals surface area contributed by atoms with E-state index in [0.29, 0.717) is 42.7 Å². The van der Waals surface area contributed by atoms with Crippen LogP contribution in [0.3, 0.4) is 0 Å². The van der Waals surface area contributed by atoms with Crippen LogP contribution in [-0.4, -0.2) is 60.5 Å². The SMILES string of the molecule is O=C(NNC(=O)C(F)F)c1ccc(CN(C(=O)N2CCOCC2)c2ccc(Cl)cc2)nc1. The Morgan fingerprint density at radius 3 is 2.38 bits per heavy atom. The van der Waals surface area contributed by atoms with E-state index in [4.69, 9.17) is 16.3 Å². The molecule has 0 radical (unpaired) electrons. The number of pyridine rings is 1. The number of morpholine rings is 1. The van der Waals surface area contributed by atoms with E-state index in [1.807, 2.05) is 5.43 Å². The Morgan fingerprint density at radius 2 is 1.78 bits per heavy atom. The summed E-state index contributed by atoms with van der Waals surface area (Å²) in [6, 6.07) is 9.48. The van der Waals surface area contributed by atoms with Gasteiger partial charge in [0.2, 0.25) is 0 Å². The number of amides is 4. The third-order valence-electron chi connectivity index (χ3n) is 4.56. The number of hydrogen-bond acceptors (Lipinski definition) is 5. The molecule has 0 aliphatic carbocycles. The second-order valence-electron chi connectivity index (χ2n) is 6.73. The first-order valence-corrected chi connectivity index (χ1v) is 9.96. The van der Waals surface area contributed by atoms with Crippen molar-refractivity contribution in [3.63, 3.8) is 0 Å². The van der Waals surface area contributed by atoms with E-state index in [2.05, 4.69) is 4.98 Å². The largest absolute Gasteiger partial charge is 0.378 e. The number of aromatic nitrogens is 1. The van der Waals surface area contributed by atoms with Crippen molar-refractivity contribution in [2.75, 3.05) is 31.2 Å². The Balaban J connectivity index is 1.72. The number of hydrazine groups is 1. The third-order valence-corrected chi connectivity index (χ3v) is 4.81. The molecule has 3 rings (SSSR count). The lowest BCUT2D eigenvalue weighted by Gasteiger charge is -2.33. The molecule has 0 unspecified atom stereocenters. The standard InChI is InChI=1S/C20H20ClF2N5O4/c21-14-2-5-16(6-3-14)28(20(31)27-7-9-32-10-8-27)12-15-4-1-13(11-24-15)18(29)25-26-19(30)17(22)23/h1-6,11,17H,7-10,12H2,(H,25,29)(H,26,30). The zero-order valence-electron chi connectivity index (χ0n) is 16.8. The number of benzene rings is 1. The van der Waals surface area contributed by atoms with Crippen LogP contribution in [0.25, 0.3) is 0 Å². The lowest BCUT2D eigenvalue weighted by Crippen LogP contribution is -2.48. The Labute approximate surface area is 187 Å². The number of urea groups is 1. The summed E-state index contributed by atoms with van der Waals surface area (Å²) in [6.07, 6.45) is -2.03. The summed E-state index contributed by atoms with van der Waals surface area (Å²) in [6.45, 7) is 1.93. The molecule has 0 atom stereocenters. The summed E-state index contributed by atoms with van der Waals surface area (Å²) in [5, 5.41) is 0.528. The molecular weight excluding hydrogens is 448 g/mol. The van der Waals surface area contributed by atoms with Crippen LogP contribution < -0.4 is 15.8 Å². The van der Waals surface area contributed by atoms with Gasteiger partial charge in [0.1, 0.15) is 0 Å². The van der Waals surface area contributed by atoms with Crippen molar-refractivity contribution in [3.8, 4) is 0 Å². The molecular formula is C20H20ClF2N5O4. The summed E-state index contributed by atoms with van der Waals surface area (Å²) < 4.78 is 29.7. The van der Waals surface area contributed by atoms with Crippen LogP contribution in [-0.2, 0) is 16.1 Å². The first-order valence-electron chi connectivity index (χ1n) is 9.58. The van der Waals surface area contributed by atoms with Gasteiger partial charge in [0.25, 0.3) is 5.91 Å². The molecule has 1 aromatic carbocycles. The molecule has 1 aliphatic rings. The van der Waals surface area contributed by atoms with Crippen LogP contribution in [0.4, 0.5) is 19.3 Å². The molecule has 1 aliphatic heterocycles. The van der Waals surface area contributed by atoms with Gasteiger partial charge in [0.05, 0.1) is 31.0 Å². The van der Waals surface area contributed by atoms with E-state index < -0.39 is 18.2 Å². The summed E-state index contributed by atoms with van der Waals surface area (Å²) in [7, 11) is 0. The molecule has 9 nitrogen and oxygen atoms in total. The fraction of sp³-hybridized carbons (Fsp3) is 0.300. The quantitative estimate of drug-likeness (QED) is 0.656. The minimum Gasteiger partial charge on any atom is -0.378 e. The highest BCUT2D eigenvalue weighted by Gasteiger charge is 2.25. The Morgan fingerprint density at radius 1 is 1.09 bits per heavy atom. The minimum absolute atomic E-state index is 0.0425. The summed E-state index contributed by atoms with van der Waals surface area (Å²) >= 11 is 5.97. The lowest BCUT2D eigenvalue weighted by atomic mass is 10.2. The molecule has 32 heavy (non-hydrogen) atoms. The second kappa shape index (κ2) is 10.8. The van der Waals surface area contributed by atoms with Crippen LogP contribution in [0.1, 0.15) is 16.1 Å². The van der Waals surface area contributed by atoms with Gasteiger partial charge in [0, 0.05) is 30.0 Å². The molecule has 0 spiro atoms. The van der Waals surface area contributed by atoms with E-state index in [0.717, 1.165) is 0 Å². The zero-order valence-corrected chi connectivity index (χ0v) is 17.5. The van der Waals surface area contributed by atoms with Crippen molar-refractivity contribution < 1.29 is 27.9 Å². The molecule has 1 aromatic heterocycles. The van der Waals surface area contributed by atoms with Crippen molar-refractivity contribution in [1.29, 1.82) is 0 Å².